The largest absolute Gasteiger partial charge is 0.304 e. The molecule has 177 valence electrons. The molecule has 5 aromatic rings. The van der Waals surface area contributed by atoms with Gasteiger partial charge in [-0.25, -0.2) is 0 Å². The average molecular weight is 639 g/mol. The number of benzene rings is 3. The summed E-state index contributed by atoms with van der Waals surface area (Å²) in [6.45, 7) is -2.83. The summed E-state index contributed by atoms with van der Waals surface area (Å²) in [5, 5.41) is 0. The summed E-state index contributed by atoms with van der Waals surface area (Å²) in [5.74, 6) is 0. The van der Waals surface area contributed by atoms with Gasteiger partial charge < -0.3 is 9.97 Å². The van der Waals surface area contributed by atoms with Crippen LogP contribution in [0.2, 0.25) is 0 Å². The molecule has 35 heavy (non-hydrogen) atoms. The van der Waals surface area contributed by atoms with Crippen LogP contribution in [-0.2, 0) is 26.5 Å². The van der Waals surface area contributed by atoms with Gasteiger partial charge in [0.05, 0.1) is 0 Å². The van der Waals surface area contributed by atoms with Crippen molar-refractivity contribution < 1.29 is 28.3 Å². The van der Waals surface area contributed by atoms with Crippen LogP contribution in [0.1, 0.15) is 31.8 Å². The zero-order valence-corrected chi connectivity index (χ0v) is 21.6. The van der Waals surface area contributed by atoms with Crippen LogP contribution in [0.3, 0.4) is 0 Å². The molecule has 3 heteroatoms. The molecule has 1 radical (unpaired) electrons. The SMILES string of the molecule is CCc1cc(-c2[c-]cccc2)ncc1-c1ccccc1.[2H]C([2H])([2H])c1cnc(-c2[c-]cccc2)cc1C([2H])([2H])[2H].[Ir]. The number of nitrogens with zero attached hydrogens (tertiary/aromatic N) is 2. The Labute approximate surface area is 230 Å². The minimum absolute atomic E-state index is 0. The summed E-state index contributed by atoms with van der Waals surface area (Å²) in [5.41, 5.74) is 6.37. The molecule has 0 bridgehead atoms. The molecule has 0 fully saturated rings. The van der Waals surface area contributed by atoms with Crippen LogP contribution in [0, 0.1) is 25.8 Å². The molecule has 0 unspecified atom stereocenters. The summed E-state index contributed by atoms with van der Waals surface area (Å²) in [4.78, 5) is 8.65. The van der Waals surface area contributed by atoms with E-state index in [1.165, 1.54) is 22.8 Å². The van der Waals surface area contributed by atoms with E-state index in [1.807, 2.05) is 36.5 Å². The number of aromatic nitrogens is 2. The van der Waals surface area contributed by atoms with E-state index >= 15 is 0 Å². The molecule has 0 amide bonds. The van der Waals surface area contributed by atoms with E-state index in [-0.39, 0.29) is 31.2 Å². The van der Waals surface area contributed by atoms with Gasteiger partial charge in [0, 0.05) is 46.3 Å². The van der Waals surface area contributed by atoms with Crippen molar-refractivity contribution in [1.29, 1.82) is 0 Å². The molecule has 0 N–H and O–H groups in total. The molecular formula is C32H28IrN2-2. The molecule has 0 saturated heterocycles. The number of pyridine rings is 2. The molecule has 0 aliphatic rings. The van der Waals surface area contributed by atoms with Crippen LogP contribution in [0.15, 0.2) is 103 Å². The molecule has 2 aromatic heterocycles. The van der Waals surface area contributed by atoms with E-state index in [0.29, 0.717) is 11.3 Å². The Bertz CT molecular complexity index is 1540. The second-order valence-electron chi connectivity index (χ2n) is 7.61. The predicted molar refractivity (Wildman–Crippen MR) is 141 cm³/mol. The minimum Gasteiger partial charge on any atom is -0.304 e. The fourth-order valence-electron chi connectivity index (χ4n) is 3.52. The number of aryl methyl sites for hydroxylation is 3. The van der Waals surface area contributed by atoms with E-state index < -0.39 is 13.7 Å². The minimum atomic E-state index is -2.50. The first-order valence-corrected chi connectivity index (χ1v) is 11.1. The Morgan fingerprint density at radius 1 is 0.714 bits per heavy atom. The van der Waals surface area contributed by atoms with Gasteiger partial charge in [-0.2, -0.15) is 0 Å². The molecule has 3 aromatic carbocycles. The quantitative estimate of drug-likeness (QED) is 0.187. The fraction of sp³-hybridized carbons (Fsp3) is 0.125. The topological polar surface area (TPSA) is 25.8 Å². The van der Waals surface area contributed by atoms with E-state index in [9.17, 15) is 0 Å². The van der Waals surface area contributed by atoms with Crippen LogP contribution in [-0.4, -0.2) is 9.97 Å². The Hall–Kier alpha value is -3.39. The van der Waals surface area contributed by atoms with Gasteiger partial charge in [-0.15, -0.1) is 71.8 Å². The van der Waals surface area contributed by atoms with Crippen molar-refractivity contribution in [3.05, 3.63) is 132 Å². The molecule has 0 aliphatic heterocycles. The molecule has 2 nitrogen and oxygen atoms in total. The van der Waals surface area contributed by atoms with E-state index in [4.69, 9.17) is 8.22 Å². The zero-order valence-electron chi connectivity index (χ0n) is 25.2. The predicted octanol–water partition coefficient (Wildman–Crippen LogP) is 7.94. The molecule has 0 aliphatic carbocycles. The Morgan fingerprint density at radius 2 is 1.31 bits per heavy atom. The molecule has 2 heterocycles. The molecule has 0 atom stereocenters. The van der Waals surface area contributed by atoms with Crippen molar-refractivity contribution in [2.45, 2.75) is 27.0 Å². The van der Waals surface area contributed by atoms with Gasteiger partial charge in [0.25, 0.3) is 0 Å². The van der Waals surface area contributed by atoms with Crippen molar-refractivity contribution in [2.24, 2.45) is 0 Å². The Balaban J connectivity index is 0.000000220. The van der Waals surface area contributed by atoms with Crippen LogP contribution in [0.4, 0.5) is 0 Å². The van der Waals surface area contributed by atoms with Crippen molar-refractivity contribution in [3.8, 4) is 33.6 Å². The Kier molecular flexibility index (Phi) is 6.96. The second kappa shape index (κ2) is 12.9. The van der Waals surface area contributed by atoms with Crippen molar-refractivity contribution in [1.82, 2.24) is 9.97 Å². The maximum atomic E-state index is 7.50. The van der Waals surface area contributed by atoms with Crippen LogP contribution >= 0.6 is 0 Å². The standard InChI is InChI=1S/C19H16N.C13H12N.Ir/c1-2-15-13-19(17-11-7-4-8-12-17)20-14-18(15)16-9-5-3-6-10-16;1-10-8-13(14-9-11(10)2)12-6-4-3-5-7-12;/h3-11,13-14H,2H2,1H3;3-6,8-9H,1-2H3;/q2*-1;/i;1D3,2D3;. The molecule has 5 rings (SSSR count). The number of rotatable bonds is 4. The van der Waals surface area contributed by atoms with Gasteiger partial charge >= 0.3 is 0 Å². The van der Waals surface area contributed by atoms with Crippen LogP contribution < -0.4 is 0 Å². The molecular weight excluding hydrogens is 605 g/mol. The molecule has 0 saturated carbocycles. The van der Waals surface area contributed by atoms with E-state index in [2.05, 4.69) is 59.4 Å². The first-order chi connectivity index (χ1) is 19.1. The van der Waals surface area contributed by atoms with Crippen LogP contribution in [0.5, 0.6) is 0 Å². The summed E-state index contributed by atoms with van der Waals surface area (Å²) in [6, 6.07) is 35.0. The van der Waals surface area contributed by atoms with Gasteiger partial charge in [-0.1, -0.05) is 55.0 Å². The van der Waals surface area contributed by atoms with Crippen molar-refractivity contribution in [2.75, 3.05) is 0 Å². The number of hydrogen-bond acceptors (Lipinski definition) is 2. The maximum Gasteiger partial charge on any atom is 0.0280 e. The van der Waals surface area contributed by atoms with Crippen LogP contribution in [0.25, 0.3) is 33.6 Å². The Morgan fingerprint density at radius 3 is 1.89 bits per heavy atom. The summed E-state index contributed by atoms with van der Waals surface area (Å²) >= 11 is 0. The monoisotopic (exact) mass is 639 g/mol. The summed E-state index contributed by atoms with van der Waals surface area (Å²) < 4.78 is 44.7. The van der Waals surface area contributed by atoms with Gasteiger partial charge in [0.1, 0.15) is 0 Å². The first kappa shape index (κ1) is 18.9. The van der Waals surface area contributed by atoms with Gasteiger partial charge in [-0.3, -0.25) is 0 Å². The first-order valence-electron chi connectivity index (χ1n) is 14.1. The zero-order chi connectivity index (χ0) is 28.8. The maximum absolute atomic E-state index is 7.50. The average Bonchev–Trinajstić information content (AvgIpc) is 2.97. The third-order valence-corrected chi connectivity index (χ3v) is 5.33. The van der Waals surface area contributed by atoms with Gasteiger partial charge in [0.2, 0.25) is 0 Å². The summed E-state index contributed by atoms with van der Waals surface area (Å²) in [7, 11) is 0. The van der Waals surface area contributed by atoms with E-state index in [0.717, 1.165) is 23.9 Å². The summed E-state index contributed by atoms with van der Waals surface area (Å²) in [6.07, 6.45) is 4.09. The third kappa shape index (κ3) is 6.82. The van der Waals surface area contributed by atoms with Gasteiger partial charge in [-0.05, 0) is 48.2 Å². The molecule has 0 spiro atoms. The van der Waals surface area contributed by atoms with Crippen molar-refractivity contribution in [3.63, 3.8) is 0 Å². The fourth-order valence-corrected chi connectivity index (χ4v) is 3.52. The van der Waals surface area contributed by atoms with Crippen molar-refractivity contribution >= 4 is 0 Å². The second-order valence-corrected chi connectivity index (χ2v) is 7.61. The number of hydrogen-bond donors (Lipinski definition) is 0. The van der Waals surface area contributed by atoms with Gasteiger partial charge in [0.15, 0.2) is 0 Å². The smallest absolute Gasteiger partial charge is 0.0280 e. The third-order valence-electron chi connectivity index (χ3n) is 5.33. The van der Waals surface area contributed by atoms with E-state index in [1.54, 1.807) is 24.3 Å². The normalized spacial score (nSPS) is 13.3.